The summed E-state index contributed by atoms with van der Waals surface area (Å²) in [6.07, 6.45) is 3.90. The van der Waals surface area contributed by atoms with E-state index >= 15 is 0 Å². The first-order chi connectivity index (χ1) is 9.01. The Balaban J connectivity index is 3.08. The minimum Gasteiger partial charge on any atom is -0.467 e. The topological polar surface area (TPSA) is 64.4 Å². The van der Waals surface area contributed by atoms with Crippen molar-refractivity contribution in [3.63, 3.8) is 0 Å². The van der Waals surface area contributed by atoms with Crippen molar-refractivity contribution in [2.75, 3.05) is 26.1 Å². The Labute approximate surface area is 113 Å². The predicted molar refractivity (Wildman–Crippen MR) is 73.4 cm³/mol. The van der Waals surface area contributed by atoms with E-state index in [0.29, 0.717) is 12.1 Å². The molecule has 1 rings (SSSR count). The lowest BCUT2D eigenvalue weighted by Crippen LogP contribution is -2.33. The second-order valence-corrected chi connectivity index (χ2v) is 4.57. The monoisotopic (exact) mass is 267 g/mol. The number of carbonyl (C=O) groups is 1. The first kappa shape index (κ1) is 15.2. The number of carbonyl (C=O) groups excluding carboxylic acids is 1. The van der Waals surface area contributed by atoms with Gasteiger partial charge in [-0.25, -0.2) is 9.48 Å². The Morgan fingerprint density at radius 1 is 1.53 bits per heavy atom. The van der Waals surface area contributed by atoms with Crippen molar-refractivity contribution in [2.45, 2.75) is 32.2 Å². The van der Waals surface area contributed by atoms with Gasteiger partial charge in [0, 0.05) is 20.2 Å². The minimum atomic E-state index is -0.645. The highest BCUT2D eigenvalue weighted by molar-refractivity contribution is 5.73. The molecule has 19 heavy (non-hydrogen) atoms. The van der Waals surface area contributed by atoms with Crippen molar-refractivity contribution in [3.05, 3.63) is 22.6 Å². The van der Waals surface area contributed by atoms with Gasteiger partial charge in [-0.15, -0.1) is 0 Å². The lowest BCUT2D eigenvalue weighted by atomic mass is 10.1. The van der Waals surface area contributed by atoms with Gasteiger partial charge in [-0.05, 0) is 6.42 Å². The van der Waals surface area contributed by atoms with Gasteiger partial charge in [-0.1, -0.05) is 19.8 Å². The van der Waals surface area contributed by atoms with Gasteiger partial charge in [0.15, 0.2) is 6.04 Å². The van der Waals surface area contributed by atoms with Crippen molar-refractivity contribution >= 4 is 11.7 Å². The number of rotatable bonds is 6. The van der Waals surface area contributed by atoms with Crippen LogP contribution < -0.4 is 10.5 Å². The third-order valence-electron chi connectivity index (χ3n) is 2.93. The molecule has 6 nitrogen and oxygen atoms in total. The summed E-state index contributed by atoms with van der Waals surface area (Å²) in [6, 6.07) is 0.822. The summed E-state index contributed by atoms with van der Waals surface area (Å²) in [5.41, 5.74) is 0.415. The van der Waals surface area contributed by atoms with Gasteiger partial charge < -0.3 is 9.64 Å². The molecular formula is C13H21N3O3. The van der Waals surface area contributed by atoms with E-state index in [1.165, 1.54) is 17.9 Å². The van der Waals surface area contributed by atoms with Gasteiger partial charge in [0.25, 0.3) is 5.56 Å². The Morgan fingerprint density at radius 2 is 2.21 bits per heavy atom. The number of anilines is 1. The van der Waals surface area contributed by atoms with Crippen molar-refractivity contribution < 1.29 is 9.53 Å². The van der Waals surface area contributed by atoms with Crippen LogP contribution in [-0.2, 0) is 9.53 Å². The Kier molecular flexibility index (Phi) is 5.54. The predicted octanol–water partition coefficient (Wildman–Crippen LogP) is 1.21. The summed E-state index contributed by atoms with van der Waals surface area (Å²) in [4.78, 5) is 25.6. The zero-order valence-electron chi connectivity index (χ0n) is 11.9. The van der Waals surface area contributed by atoms with Crippen LogP contribution in [-0.4, -0.2) is 37.0 Å². The van der Waals surface area contributed by atoms with Crippen LogP contribution in [0.5, 0.6) is 0 Å². The molecule has 1 aromatic heterocycles. The molecule has 0 spiro atoms. The fourth-order valence-electron chi connectivity index (χ4n) is 1.76. The number of nitrogens with zero attached hydrogens (tertiary/aromatic N) is 3. The molecular weight excluding hydrogens is 246 g/mol. The Hall–Kier alpha value is -1.85. The van der Waals surface area contributed by atoms with Gasteiger partial charge in [-0.2, -0.15) is 5.10 Å². The summed E-state index contributed by atoms with van der Waals surface area (Å²) < 4.78 is 5.95. The largest absolute Gasteiger partial charge is 0.467 e. The highest BCUT2D eigenvalue weighted by Crippen LogP contribution is 2.15. The highest BCUT2D eigenvalue weighted by atomic mass is 16.5. The molecule has 0 radical (unpaired) electrons. The number of ether oxygens (including phenoxy) is 1. The summed E-state index contributed by atoms with van der Waals surface area (Å²) in [5.74, 6) is -0.430. The van der Waals surface area contributed by atoms with Gasteiger partial charge in [0.2, 0.25) is 0 Å². The number of unbranched alkanes of at least 4 members (excludes halogenated alkanes) is 1. The third-order valence-corrected chi connectivity index (χ3v) is 2.93. The molecule has 0 aliphatic carbocycles. The fourth-order valence-corrected chi connectivity index (χ4v) is 1.76. The number of esters is 1. The van der Waals surface area contributed by atoms with E-state index < -0.39 is 12.0 Å². The van der Waals surface area contributed by atoms with E-state index in [1.807, 2.05) is 21.0 Å². The lowest BCUT2D eigenvalue weighted by Gasteiger charge is -2.17. The van der Waals surface area contributed by atoms with Crippen molar-refractivity contribution in [1.29, 1.82) is 0 Å². The third kappa shape index (κ3) is 3.81. The quantitative estimate of drug-likeness (QED) is 0.725. The number of methoxy groups -OCH3 is 1. The van der Waals surface area contributed by atoms with Gasteiger partial charge in [0.05, 0.1) is 19.0 Å². The molecule has 0 aromatic carbocycles. The van der Waals surface area contributed by atoms with E-state index in [4.69, 9.17) is 4.74 Å². The number of hydrogen-bond acceptors (Lipinski definition) is 5. The molecule has 0 aliphatic rings. The molecule has 0 aliphatic heterocycles. The minimum absolute atomic E-state index is 0.294. The van der Waals surface area contributed by atoms with Crippen LogP contribution in [0.2, 0.25) is 0 Å². The van der Waals surface area contributed by atoms with Crippen molar-refractivity contribution in [3.8, 4) is 0 Å². The zero-order chi connectivity index (χ0) is 14.4. The van der Waals surface area contributed by atoms with Crippen LogP contribution >= 0.6 is 0 Å². The first-order valence-electron chi connectivity index (χ1n) is 6.35. The van der Waals surface area contributed by atoms with Crippen LogP contribution in [0.3, 0.4) is 0 Å². The van der Waals surface area contributed by atoms with E-state index in [-0.39, 0.29) is 5.56 Å². The Bertz CT molecular complexity index is 482. The van der Waals surface area contributed by atoms with Crippen LogP contribution in [0.15, 0.2) is 17.1 Å². The smallest absolute Gasteiger partial charge is 0.330 e. The summed E-state index contributed by atoms with van der Waals surface area (Å²) in [7, 11) is 4.98. The second kappa shape index (κ2) is 6.92. The maximum atomic E-state index is 12.0. The van der Waals surface area contributed by atoms with Crippen molar-refractivity contribution in [2.24, 2.45) is 0 Å². The average molecular weight is 267 g/mol. The first-order valence-corrected chi connectivity index (χ1v) is 6.35. The molecule has 0 saturated carbocycles. The fraction of sp³-hybridized carbons (Fsp3) is 0.615. The molecule has 0 bridgehead atoms. The lowest BCUT2D eigenvalue weighted by molar-refractivity contribution is -0.145. The molecule has 6 heteroatoms. The number of hydrogen-bond donors (Lipinski definition) is 0. The Morgan fingerprint density at radius 3 is 2.68 bits per heavy atom. The van der Waals surface area contributed by atoms with Gasteiger partial charge >= 0.3 is 5.97 Å². The normalized spacial score (nSPS) is 12.0. The molecule has 0 fully saturated rings. The van der Waals surface area contributed by atoms with E-state index in [9.17, 15) is 9.59 Å². The van der Waals surface area contributed by atoms with Gasteiger partial charge in [0.1, 0.15) is 0 Å². The molecule has 0 amide bonds. The van der Waals surface area contributed by atoms with Crippen molar-refractivity contribution in [1.82, 2.24) is 9.78 Å². The van der Waals surface area contributed by atoms with Crippen LogP contribution in [0.25, 0.3) is 0 Å². The number of aromatic nitrogens is 2. The average Bonchev–Trinajstić information content (AvgIpc) is 2.39. The van der Waals surface area contributed by atoms with E-state index in [0.717, 1.165) is 12.8 Å². The second-order valence-electron chi connectivity index (χ2n) is 4.57. The SMILES string of the molecule is CCCCC(C(=O)OC)n1ncc(N(C)C)cc1=O. The summed E-state index contributed by atoms with van der Waals surface area (Å²) in [6.45, 7) is 2.03. The molecule has 1 atom stereocenters. The summed E-state index contributed by atoms with van der Waals surface area (Å²) in [5, 5.41) is 4.08. The van der Waals surface area contributed by atoms with Crippen LogP contribution in [0, 0.1) is 0 Å². The zero-order valence-corrected chi connectivity index (χ0v) is 11.9. The van der Waals surface area contributed by atoms with E-state index in [2.05, 4.69) is 5.10 Å². The molecule has 1 heterocycles. The standard InChI is InChI=1S/C13H21N3O3/c1-5-6-7-11(13(18)19-4)16-12(17)8-10(9-14-16)15(2)3/h8-9,11H,5-7H2,1-4H3. The van der Waals surface area contributed by atoms with Gasteiger partial charge in [-0.3, -0.25) is 4.79 Å². The maximum Gasteiger partial charge on any atom is 0.330 e. The molecule has 106 valence electrons. The molecule has 1 aromatic rings. The molecule has 0 N–H and O–H groups in total. The maximum absolute atomic E-state index is 12.0. The summed E-state index contributed by atoms with van der Waals surface area (Å²) >= 11 is 0. The molecule has 0 saturated heterocycles. The van der Waals surface area contributed by atoms with E-state index in [1.54, 1.807) is 11.1 Å². The molecule has 1 unspecified atom stereocenters. The highest BCUT2D eigenvalue weighted by Gasteiger charge is 2.22. The van der Waals surface area contributed by atoms with Crippen LogP contribution in [0.4, 0.5) is 5.69 Å². The van der Waals surface area contributed by atoms with Crippen LogP contribution in [0.1, 0.15) is 32.2 Å².